The van der Waals surface area contributed by atoms with E-state index in [1.165, 1.54) is 11.8 Å². The Morgan fingerprint density at radius 1 is 0.966 bits per heavy atom. The first-order chi connectivity index (χ1) is 14.0. The molecule has 0 aliphatic heterocycles. The molecule has 2 aromatic carbocycles. The summed E-state index contributed by atoms with van der Waals surface area (Å²) in [6.45, 7) is 0.266. The number of hydrogen-bond donors (Lipinski definition) is 2. The van der Waals surface area contributed by atoms with Crippen molar-refractivity contribution in [3.63, 3.8) is 0 Å². The van der Waals surface area contributed by atoms with Gasteiger partial charge in [0.25, 0.3) is 5.91 Å². The lowest BCUT2D eigenvalue weighted by Crippen LogP contribution is -2.25. The standard InChI is InChI=1S/C21H18Cl2N2O3S/c22-17-7-3-8-18(23)16(17)12-29-13-20(26)25-19-9-2-1-6-15(19)21(27)24-11-14-5-4-10-28-14/h1-10H,11-13H2,(H,24,27)(H,25,26). The van der Waals surface area contributed by atoms with Crippen LogP contribution in [0.15, 0.2) is 65.3 Å². The minimum absolute atomic E-state index is 0.198. The van der Waals surface area contributed by atoms with Gasteiger partial charge in [0.15, 0.2) is 0 Å². The number of carbonyl (C=O) groups is 2. The Kier molecular flexibility index (Phi) is 7.63. The van der Waals surface area contributed by atoms with Crippen LogP contribution in [0, 0.1) is 0 Å². The van der Waals surface area contributed by atoms with Crippen LogP contribution in [0.5, 0.6) is 0 Å². The molecular weight excluding hydrogens is 431 g/mol. The van der Waals surface area contributed by atoms with Gasteiger partial charge in [0.1, 0.15) is 5.76 Å². The number of para-hydroxylation sites is 1. The van der Waals surface area contributed by atoms with Gasteiger partial charge in [-0.3, -0.25) is 9.59 Å². The van der Waals surface area contributed by atoms with Crippen molar-refractivity contribution in [2.75, 3.05) is 11.1 Å². The molecule has 0 radical (unpaired) electrons. The molecule has 8 heteroatoms. The second kappa shape index (κ2) is 10.4. The van der Waals surface area contributed by atoms with Crippen LogP contribution >= 0.6 is 35.0 Å². The van der Waals surface area contributed by atoms with Gasteiger partial charge in [-0.05, 0) is 42.0 Å². The summed E-state index contributed by atoms with van der Waals surface area (Å²) >= 11 is 13.7. The third kappa shape index (κ3) is 6.03. The third-order valence-electron chi connectivity index (χ3n) is 3.99. The maximum Gasteiger partial charge on any atom is 0.253 e. The van der Waals surface area contributed by atoms with Crippen molar-refractivity contribution >= 4 is 52.5 Å². The molecule has 3 aromatic rings. The van der Waals surface area contributed by atoms with Crippen molar-refractivity contribution in [1.82, 2.24) is 5.32 Å². The number of thioether (sulfide) groups is 1. The SMILES string of the molecule is O=C(CSCc1c(Cl)cccc1Cl)Nc1ccccc1C(=O)NCc1ccco1. The van der Waals surface area contributed by atoms with Gasteiger partial charge in [0.2, 0.25) is 5.91 Å². The molecule has 2 N–H and O–H groups in total. The van der Waals surface area contributed by atoms with Gasteiger partial charge in [-0.2, -0.15) is 0 Å². The number of anilines is 1. The van der Waals surface area contributed by atoms with E-state index in [0.717, 1.165) is 5.56 Å². The number of benzene rings is 2. The highest BCUT2D eigenvalue weighted by Gasteiger charge is 2.14. The fraction of sp³-hybridized carbons (Fsp3) is 0.143. The third-order valence-corrected chi connectivity index (χ3v) is 5.66. The highest BCUT2D eigenvalue weighted by atomic mass is 35.5. The maximum absolute atomic E-state index is 12.5. The average molecular weight is 449 g/mol. The number of carbonyl (C=O) groups excluding carboxylic acids is 2. The van der Waals surface area contributed by atoms with Crippen LogP contribution in [0.1, 0.15) is 21.7 Å². The first-order valence-corrected chi connectivity index (χ1v) is 10.7. The Balaban J connectivity index is 1.55. The minimum atomic E-state index is -0.298. The van der Waals surface area contributed by atoms with Crippen LogP contribution < -0.4 is 10.6 Å². The molecule has 0 aliphatic carbocycles. The van der Waals surface area contributed by atoms with Gasteiger partial charge < -0.3 is 15.1 Å². The van der Waals surface area contributed by atoms with E-state index in [0.29, 0.717) is 32.8 Å². The normalized spacial score (nSPS) is 10.6. The smallest absolute Gasteiger partial charge is 0.253 e. The monoisotopic (exact) mass is 448 g/mol. The Morgan fingerprint density at radius 2 is 1.72 bits per heavy atom. The average Bonchev–Trinajstić information content (AvgIpc) is 3.22. The molecular formula is C21H18Cl2N2O3S. The number of nitrogens with one attached hydrogen (secondary N) is 2. The van der Waals surface area contributed by atoms with Gasteiger partial charge in [0.05, 0.1) is 29.8 Å². The molecule has 5 nitrogen and oxygen atoms in total. The molecule has 0 saturated heterocycles. The van der Waals surface area contributed by atoms with Crippen LogP contribution in [0.3, 0.4) is 0 Å². The first kappa shape index (κ1) is 21.3. The van der Waals surface area contributed by atoms with Gasteiger partial charge >= 0.3 is 0 Å². The molecule has 0 unspecified atom stereocenters. The van der Waals surface area contributed by atoms with E-state index in [-0.39, 0.29) is 24.1 Å². The predicted octanol–water partition coefficient (Wildman–Crippen LogP) is 5.39. The quantitative estimate of drug-likeness (QED) is 0.484. The van der Waals surface area contributed by atoms with Gasteiger partial charge in [-0.15, -0.1) is 11.8 Å². The predicted molar refractivity (Wildman–Crippen MR) is 118 cm³/mol. The summed E-state index contributed by atoms with van der Waals surface area (Å²) in [5.41, 5.74) is 1.63. The Hall–Kier alpha value is -2.41. The first-order valence-electron chi connectivity index (χ1n) is 8.74. The number of rotatable bonds is 8. The lowest BCUT2D eigenvalue weighted by Gasteiger charge is -2.11. The van der Waals surface area contributed by atoms with E-state index in [9.17, 15) is 9.59 Å². The van der Waals surface area contributed by atoms with Crippen LogP contribution in [-0.4, -0.2) is 17.6 Å². The molecule has 29 heavy (non-hydrogen) atoms. The molecule has 0 bridgehead atoms. The van der Waals surface area contributed by atoms with Crippen LogP contribution in [0.2, 0.25) is 10.0 Å². The molecule has 0 fully saturated rings. The number of furan rings is 1. The second-order valence-electron chi connectivity index (χ2n) is 6.05. The Labute approximate surface area is 182 Å². The summed E-state index contributed by atoms with van der Waals surface area (Å²) in [4.78, 5) is 24.8. The molecule has 1 heterocycles. The fourth-order valence-corrected chi connectivity index (χ4v) is 4.13. The lowest BCUT2D eigenvalue weighted by atomic mass is 10.1. The van der Waals surface area contributed by atoms with Crippen LogP contribution in [-0.2, 0) is 17.1 Å². The summed E-state index contributed by atoms with van der Waals surface area (Å²) in [6.07, 6.45) is 1.54. The highest BCUT2D eigenvalue weighted by molar-refractivity contribution is 7.99. The molecule has 150 valence electrons. The number of halogens is 2. The van der Waals surface area contributed by atoms with Crippen molar-refractivity contribution < 1.29 is 14.0 Å². The highest BCUT2D eigenvalue weighted by Crippen LogP contribution is 2.28. The van der Waals surface area contributed by atoms with E-state index in [1.54, 1.807) is 60.9 Å². The van der Waals surface area contributed by atoms with Gasteiger partial charge in [-0.25, -0.2) is 0 Å². The van der Waals surface area contributed by atoms with E-state index >= 15 is 0 Å². The summed E-state index contributed by atoms with van der Waals surface area (Å²) < 4.78 is 5.21. The molecule has 1 aromatic heterocycles. The molecule has 0 spiro atoms. The summed E-state index contributed by atoms with van der Waals surface area (Å²) in [7, 11) is 0. The van der Waals surface area contributed by atoms with E-state index in [2.05, 4.69) is 10.6 Å². The molecule has 3 rings (SSSR count). The van der Waals surface area contributed by atoms with Crippen molar-refractivity contribution in [3.05, 3.63) is 87.8 Å². The van der Waals surface area contributed by atoms with Crippen LogP contribution in [0.4, 0.5) is 5.69 Å². The number of hydrogen-bond acceptors (Lipinski definition) is 4. The second-order valence-corrected chi connectivity index (χ2v) is 7.85. The largest absolute Gasteiger partial charge is 0.467 e. The summed E-state index contributed by atoms with van der Waals surface area (Å²) in [5.74, 6) is 0.841. The maximum atomic E-state index is 12.5. The summed E-state index contributed by atoms with van der Waals surface area (Å²) in [5, 5.41) is 6.71. The Morgan fingerprint density at radius 3 is 2.45 bits per heavy atom. The zero-order valence-corrected chi connectivity index (χ0v) is 17.6. The van der Waals surface area contributed by atoms with Gasteiger partial charge in [0, 0.05) is 15.8 Å². The van der Waals surface area contributed by atoms with Crippen molar-refractivity contribution in [1.29, 1.82) is 0 Å². The summed E-state index contributed by atoms with van der Waals surface area (Å²) in [6, 6.07) is 15.7. The fourth-order valence-electron chi connectivity index (χ4n) is 2.57. The lowest BCUT2D eigenvalue weighted by molar-refractivity contribution is -0.113. The van der Waals surface area contributed by atoms with Crippen molar-refractivity contribution in [2.24, 2.45) is 0 Å². The zero-order chi connectivity index (χ0) is 20.6. The van der Waals surface area contributed by atoms with Crippen LogP contribution in [0.25, 0.3) is 0 Å². The van der Waals surface area contributed by atoms with E-state index in [1.807, 2.05) is 0 Å². The topological polar surface area (TPSA) is 71.3 Å². The van der Waals surface area contributed by atoms with E-state index in [4.69, 9.17) is 27.6 Å². The molecule has 0 aliphatic rings. The Bertz CT molecular complexity index is 973. The van der Waals surface area contributed by atoms with E-state index < -0.39 is 0 Å². The van der Waals surface area contributed by atoms with Crippen molar-refractivity contribution in [2.45, 2.75) is 12.3 Å². The molecule has 0 atom stereocenters. The van der Waals surface area contributed by atoms with Gasteiger partial charge in [-0.1, -0.05) is 41.4 Å². The minimum Gasteiger partial charge on any atom is -0.467 e. The number of amides is 2. The molecule has 2 amide bonds. The van der Waals surface area contributed by atoms with Crippen molar-refractivity contribution in [3.8, 4) is 0 Å². The molecule has 0 saturated carbocycles. The zero-order valence-electron chi connectivity index (χ0n) is 15.3.